The molecule has 1 unspecified atom stereocenters. The molecule has 114 valence electrons. The summed E-state index contributed by atoms with van der Waals surface area (Å²) in [4.78, 5) is 4.54. The average Bonchev–Trinajstić information content (AvgIpc) is 2.51. The van der Waals surface area contributed by atoms with Crippen LogP contribution in [0.4, 0.5) is 0 Å². The summed E-state index contributed by atoms with van der Waals surface area (Å²) < 4.78 is 6.15. The predicted molar refractivity (Wildman–Crippen MR) is 88.5 cm³/mol. The number of nitrogens with zero attached hydrogens (tertiary/aromatic N) is 1. The Labute approximate surface area is 127 Å². The van der Waals surface area contributed by atoms with E-state index in [0.29, 0.717) is 6.54 Å². The van der Waals surface area contributed by atoms with Crippen LogP contribution in [0.25, 0.3) is 10.9 Å². The maximum Gasteiger partial charge on any atom is 0.130 e. The minimum atomic E-state index is 0.221. The first-order valence-electron chi connectivity index (χ1n) is 8.00. The monoisotopic (exact) mass is 286 g/mol. The van der Waals surface area contributed by atoms with Gasteiger partial charge in [0.2, 0.25) is 0 Å². The molecule has 0 saturated heterocycles. The number of rotatable bonds is 8. The molecule has 0 spiro atoms. The number of unbranched alkanes of at least 4 members (excludes halogenated alkanes) is 3. The Morgan fingerprint density at radius 1 is 1.19 bits per heavy atom. The van der Waals surface area contributed by atoms with E-state index in [1.807, 2.05) is 24.3 Å². The van der Waals surface area contributed by atoms with E-state index < -0.39 is 0 Å². The molecule has 0 aliphatic carbocycles. The van der Waals surface area contributed by atoms with Crippen LogP contribution in [0.5, 0.6) is 5.75 Å². The van der Waals surface area contributed by atoms with Crippen molar-refractivity contribution in [1.82, 2.24) is 4.98 Å². The number of hydrogen-bond donors (Lipinski definition) is 1. The standard InChI is InChI=1S/C18H26N2O/c1-3-4-5-6-9-14(2)21-18-12-15(13-19)20-17-11-8-7-10-16(17)18/h7-8,10-12,14H,3-6,9,13,19H2,1-2H3. The van der Waals surface area contributed by atoms with E-state index in [1.54, 1.807) is 0 Å². The summed E-state index contributed by atoms with van der Waals surface area (Å²) in [7, 11) is 0. The minimum Gasteiger partial charge on any atom is -0.490 e. The highest BCUT2D eigenvalue weighted by Gasteiger charge is 2.09. The molecular weight excluding hydrogens is 260 g/mol. The molecule has 0 fully saturated rings. The number of hydrogen-bond acceptors (Lipinski definition) is 3. The van der Waals surface area contributed by atoms with Crippen LogP contribution in [0.15, 0.2) is 30.3 Å². The maximum atomic E-state index is 6.15. The lowest BCUT2D eigenvalue weighted by molar-refractivity contribution is 0.208. The van der Waals surface area contributed by atoms with E-state index in [4.69, 9.17) is 10.5 Å². The number of fused-ring (bicyclic) bond motifs is 1. The van der Waals surface area contributed by atoms with Crippen LogP contribution in [0, 0.1) is 0 Å². The van der Waals surface area contributed by atoms with Crippen LogP contribution < -0.4 is 10.5 Å². The van der Waals surface area contributed by atoms with Gasteiger partial charge in [-0.2, -0.15) is 0 Å². The molecule has 0 amide bonds. The summed E-state index contributed by atoms with van der Waals surface area (Å²) >= 11 is 0. The molecule has 1 aromatic carbocycles. The fraction of sp³-hybridized carbons (Fsp3) is 0.500. The van der Waals surface area contributed by atoms with Crippen LogP contribution in [0.1, 0.15) is 51.6 Å². The van der Waals surface area contributed by atoms with Crippen molar-refractivity contribution in [2.45, 2.75) is 58.6 Å². The number of pyridine rings is 1. The average molecular weight is 286 g/mol. The first-order chi connectivity index (χ1) is 10.2. The van der Waals surface area contributed by atoms with Gasteiger partial charge in [0.25, 0.3) is 0 Å². The molecule has 0 aliphatic rings. The molecule has 3 heteroatoms. The molecule has 2 N–H and O–H groups in total. The van der Waals surface area contributed by atoms with Gasteiger partial charge >= 0.3 is 0 Å². The van der Waals surface area contributed by atoms with Crippen LogP contribution in [-0.2, 0) is 6.54 Å². The van der Waals surface area contributed by atoms with Crippen molar-refractivity contribution in [3.63, 3.8) is 0 Å². The summed E-state index contributed by atoms with van der Waals surface area (Å²) in [6.07, 6.45) is 6.40. The second kappa shape index (κ2) is 7.99. The molecule has 0 aliphatic heterocycles. The summed E-state index contributed by atoms with van der Waals surface area (Å²) in [5, 5.41) is 1.06. The van der Waals surface area contributed by atoms with Gasteiger partial charge in [-0.25, -0.2) is 0 Å². The van der Waals surface area contributed by atoms with Crippen molar-refractivity contribution < 1.29 is 4.74 Å². The van der Waals surface area contributed by atoms with Crippen LogP contribution >= 0.6 is 0 Å². The number of benzene rings is 1. The molecule has 3 nitrogen and oxygen atoms in total. The second-order valence-corrected chi connectivity index (χ2v) is 5.61. The topological polar surface area (TPSA) is 48.1 Å². The molecule has 1 heterocycles. The highest BCUT2D eigenvalue weighted by atomic mass is 16.5. The molecule has 0 saturated carbocycles. The Hall–Kier alpha value is -1.61. The fourth-order valence-corrected chi connectivity index (χ4v) is 2.53. The van der Waals surface area contributed by atoms with Gasteiger partial charge in [-0.3, -0.25) is 4.98 Å². The normalized spacial score (nSPS) is 12.5. The van der Waals surface area contributed by atoms with E-state index in [2.05, 4.69) is 24.9 Å². The second-order valence-electron chi connectivity index (χ2n) is 5.61. The number of ether oxygens (including phenoxy) is 1. The Kier molecular flexibility index (Phi) is 6.00. The van der Waals surface area contributed by atoms with Gasteiger partial charge in [0, 0.05) is 18.0 Å². The van der Waals surface area contributed by atoms with E-state index in [0.717, 1.165) is 28.8 Å². The molecule has 2 rings (SSSR count). The van der Waals surface area contributed by atoms with E-state index in [9.17, 15) is 0 Å². The lowest BCUT2D eigenvalue weighted by Gasteiger charge is -2.17. The summed E-state index contributed by atoms with van der Waals surface area (Å²) in [6.45, 7) is 4.81. The first kappa shape index (κ1) is 15.8. The van der Waals surface area contributed by atoms with Crippen molar-refractivity contribution in [2.24, 2.45) is 5.73 Å². The minimum absolute atomic E-state index is 0.221. The molecular formula is C18H26N2O. The zero-order chi connectivity index (χ0) is 15.1. The van der Waals surface area contributed by atoms with Gasteiger partial charge in [-0.05, 0) is 31.9 Å². The van der Waals surface area contributed by atoms with E-state index in [1.165, 1.54) is 25.7 Å². The lowest BCUT2D eigenvalue weighted by atomic mass is 10.1. The third kappa shape index (κ3) is 4.43. The van der Waals surface area contributed by atoms with Crippen LogP contribution in [0.2, 0.25) is 0 Å². The van der Waals surface area contributed by atoms with Crippen LogP contribution in [-0.4, -0.2) is 11.1 Å². The van der Waals surface area contributed by atoms with Crippen molar-refractivity contribution >= 4 is 10.9 Å². The van der Waals surface area contributed by atoms with E-state index >= 15 is 0 Å². The predicted octanol–water partition coefficient (Wildman–Crippen LogP) is 4.43. The third-order valence-electron chi connectivity index (χ3n) is 3.73. The smallest absolute Gasteiger partial charge is 0.130 e. The number of nitrogens with two attached hydrogens (primary N) is 1. The van der Waals surface area contributed by atoms with Gasteiger partial charge in [0.15, 0.2) is 0 Å². The SMILES string of the molecule is CCCCCCC(C)Oc1cc(CN)nc2ccccc12. The molecule has 0 radical (unpaired) electrons. The fourth-order valence-electron chi connectivity index (χ4n) is 2.53. The van der Waals surface area contributed by atoms with Crippen molar-refractivity contribution in [3.05, 3.63) is 36.0 Å². The summed E-state index contributed by atoms with van der Waals surface area (Å²) in [5.41, 5.74) is 7.57. The zero-order valence-electron chi connectivity index (χ0n) is 13.1. The zero-order valence-corrected chi connectivity index (χ0v) is 13.1. The Balaban J connectivity index is 2.09. The van der Waals surface area contributed by atoms with Crippen molar-refractivity contribution in [2.75, 3.05) is 0 Å². The van der Waals surface area contributed by atoms with E-state index in [-0.39, 0.29) is 6.10 Å². The highest BCUT2D eigenvalue weighted by Crippen LogP contribution is 2.27. The largest absolute Gasteiger partial charge is 0.490 e. The van der Waals surface area contributed by atoms with Gasteiger partial charge < -0.3 is 10.5 Å². The van der Waals surface area contributed by atoms with Crippen molar-refractivity contribution in [1.29, 1.82) is 0 Å². The van der Waals surface area contributed by atoms with Crippen LogP contribution in [0.3, 0.4) is 0 Å². The van der Waals surface area contributed by atoms with Crippen molar-refractivity contribution in [3.8, 4) is 5.75 Å². The number of aromatic nitrogens is 1. The molecule has 1 aromatic heterocycles. The Morgan fingerprint density at radius 3 is 2.76 bits per heavy atom. The Morgan fingerprint density at radius 2 is 2.00 bits per heavy atom. The lowest BCUT2D eigenvalue weighted by Crippen LogP contribution is -2.12. The number of para-hydroxylation sites is 1. The van der Waals surface area contributed by atoms with Gasteiger partial charge in [-0.1, -0.05) is 38.3 Å². The van der Waals surface area contributed by atoms with Gasteiger partial charge in [0.1, 0.15) is 5.75 Å². The summed E-state index contributed by atoms with van der Waals surface area (Å²) in [6, 6.07) is 10.1. The quantitative estimate of drug-likeness (QED) is 0.730. The Bertz CT molecular complexity index is 568. The molecule has 21 heavy (non-hydrogen) atoms. The maximum absolute atomic E-state index is 6.15. The first-order valence-corrected chi connectivity index (χ1v) is 8.00. The van der Waals surface area contributed by atoms with Gasteiger partial charge in [-0.15, -0.1) is 0 Å². The van der Waals surface area contributed by atoms with Gasteiger partial charge in [0.05, 0.1) is 17.3 Å². The summed E-state index contributed by atoms with van der Waals surface area (Å²) in [5.74, 6) is 0.907. The molecule has 2 aromatic rings. The highest BCUT2D eigenvalue weighted by molar-refractivity contribution is 5.85. The third-order valence-corrected chi connectivity index (χ3v) is 3.73. The molecule has 0 bridgehead atoms. The molecule has 1 atom stereocenters.